The van der Waals surface area contributed by atoms with Crippen LogP contribution >= 0.6 is 23.2 Å². The summed E-state index contributed by atoms with van der Waals surface area (Å²) in [6.07, 6.45) is 3.39. The number of nitro benzene ring substituents is 1. The van der Waals surface area contributed by atoms with E-state index in [0.717, 1.165) is 5.56 Å². The summed E-state index contributed by atoms with van der Waals surface area (Å²) in [5.74, 6) is 0.362. The van der Waals surface area contributed by atoms with Gasteiger partial charge in [-0.05, 0) is 54.1 Å². The van der Waals surface area contributed by atoms with Crippen LogP contribution in [0.3, 0.4) is 0 Å². The van der Waals surface area contributed by atoms with Crippen LogP contribution in [0.15, 0.2) is 71.5 Å². The van der Waals surface area contributed by atoms with Crippen molar-refractivity contribution in [2.75, 3.05) is 0 Å². The number of hydrogen-bond acceptors (Lipinski definition) is 4. The maximum absolute atomic E-state index is 13.2. The zero-order valence-corrected chi connectivity index (χ0v) is 16.8. The first-order valence-electron chi connectivity index (χ1n) is 8.84. The summed E-state index contributed by atoms with van der Waals surface area (Å²) < 4.78 is 1.42. The summed E-state index contributed by atoms with van der Waals surface area (Å²) in [7, 11) is 0. The third-order valence-electron chi connectivity index (χ3n) is 4.48. The van der Waals surface area contributed by atoms with Crippen molar-refractivity contribution < 1.29 is 4.92 Å². The van der Waals surface area contributed by atoms with E-state index < -0.39 is 4.92 Å². The van der Waals surface area contributed by atoms with Crippen LogP contribution in [0.4, 0.5) is 5.69 Å². The molecule has 0 unspecified atom stereocenters. The molecule has 0 saturated heterocycles. The molecule has 0 aliphatic heterocycles. The third kappa shape index (κ3) is 3.83. The smallest absolute Gasteiger partial charge is 0.268 e. The van der Waals surface area contributed by atoms with Gasteiger partial charge >= 0.3 is 0 Å². The van der Waals surface area contributed by atoms with Gasteiger partial charge in [0.15, 0.2) is 0 Å². The van der Waals surface area contributed by atoms with Crippen LogP contribution in [0, 0.1) is 10.1 Å². The molecule has 148 valence electrons. The van der Waals surface area contributed by atoms with Crippen molar-refractivity contribution in [2.45, 2.75) is 0 Å². The molecule has 0 bridgehead atoms. The Bertz CT molecular complexity index is 1360. The van der Waals surface area contributed by atoms with Gasteiger partial charge < -0.3 is 0 Å². The molecule has 0 radical (unpaired) electrons. The van der Waals surface area contributed by atoms with Gasteiger partial charge in [0.2, 0.25) is 0 Å². The topological polar surface area (TPSA) is 78.0 Å². The molecule has 0 fully saturated rings. The SMILES string of the molecule is O=c1c2ccccc2nc(C=Cc2ccc([N+](=O)[O-])cc2)n1-c1ccc(Cl)cc1Cl. The lowest BCUT2D eigenvalue weighted by Crippen LogP contribution is -2.22. The number of nitro groups is 1. The fourth-order valence-electron chi connectivity index (χ4n) is 3.04. The van der Waals surface area contributed by atoms with Crippen molar-refractivity contribution in [3.8, 4) is 5.69 Å². The van der Waals surface area contributed by atoms with Gasteiger partial charge in [-0.25, -0.2) is 4.98 Å². The largest absolute Gasteiger partial charge is 0.269 e. The number of fused-ring (bicyclic) bond motifs is 1. The van der Waals surface area contributed by atoms with Gasteiger partial charge in [-0.2, -0.15) is 0 Å². The van der Waals surface area contributed by atoms with Crippen LogP contribution in [-0.2, 0) is 0 Å². The highest BCUT2D eigenvalue weighted by Crippen LogP contribution is 2.25. The monoisotopic (exact) mass is 437 g/mol. The van der Waals surface area contributed by atoms with E-state index in [9.17, 15) is 14.9 Å². The molecule has 0 amide bonds. The molecule has 0 N–H and O–H groups in total. The second-order valence-electron chi connectivity index (χ2n) is 6.41. The van der Waals surface area contributed by atoms with Crippen LogP contribution in [0.1, 0.15) is 11.4 Å². The predicted molar refractivity (Wildman–Crippen MR) is 119 cm³/mol. The zero-order valence-electron chi connectivity index (χ0n) is 15.3. The number of hydrogen-bond donors (Lipinski definition) is 0. The highest BCUT2D eigenvalue weighted by Gasteiger charge is 2.14. The Hall–Kier alpha value is -3.48. The number of benzene rings is 3. The maximum Gasteiger partial charge on any atom is 0.269 e. The van der Waals surface area contributed by atoms with Crippen LogP contribution < -0.4 is 5.56 Å². The number of aromatic nitrogens is 2. The molecular formula is C22H13Cl2N3O3. The van der Waals surface area contributed by atoms with E-state index in [0.29, 0.717) is 32.5 Å². The van der Waals surface area contributed by atoms with E-state index in [2.05, 4.69) is 4.98 Å². The van der Waals surface area contributed by atoms with Crippen LogP contribution in [0.2, 0.25) is 10.0 Å². The van der Waals surface area contributed by atoms with Crippen molar-refractivity contribution in [3.05, 3.63) is 109 Å². The molecule has 4 rings (SSSR count). The number of nitrogens with zero attached hydrogens (tertiary/aromatic N) is 3. The average molecular weight is 438 g/mol. The number of non-ortho nitro benzene ring substituents is 1. The van der Waals surface area contributed by atoms with Crippen molar-refractivity contribution in [1.82, 2.24) is 9.55 Å². The Labute approximate surface area is 180 Å². The molecule has 0 atom stereocenters. The fraction of sp³-hybridized carbons (Fsp3) is 0. The molecule has 0 spiro atoms. The van der Waals surface area contributed by atoms with E-state index in [1.165, 1.54) is 16.7 Å². The van der Waals surface area contributed by atoms with E-state index >= 15 is 0 Å². The molecule has 1 aromatic heterocycles. The minimum atomic E-state index is -0.460. The molecule has 0 saturated carbocycles. The Morgan fingerprint density at radius 1 is 0.967 bits per heavy atom. The van der Waals surface area contributed by atoms with Gasteiger partial charge in [0.1, 0.15) is 5.82 Å². The Balaban J connectivity index is 1.89. The summed E-state index contributed by atoms with van der Waals surface area (Å²) in [5, 5.41) is 12.0. The lowest BCUT2D eigenvalue weighted by Gasteiger charge is -2.13. The van der Waals surface area contributed by atoms with Gasteiger partial charge in [-0.1, -0.05) is 41.4 Å². The molecular weight excluding hydrogens is 425 g/mol. The van der Waals surface area contributed by atoms with E-state index in [4.69, 9.17) is 23.2 Å². The molecule has 8 heteroatoms. The Kier molecular flexibility index (Phi) is 5.35. The van der Waals surface area contributed by atoms with Gasteiger partial charge in [-0.15, -0.1) is 0 Å². The first-order valence-corrected chi connectivity index (χ1v) is 9.59. The molecule has 0 aliphatic carbocycles. The number of halogens is 2. The summed E-state index contributed by atoms with van der Waals surface area (Å²) in [5.41, 5.74) is 1.45. The highest BCUT2D eigenvalue weighted by atomic mass is 35.5. The first-order chi connectivity index (χ1) is 14.4. The predicted octanol–water partition coefficient (Wildman–Crippen LogP) is 5.77. The summed E-state index contributed by atoms with van der Waals surface area (Å²) >= 11 is 12.4. The molecule has 3 aromatic carbocycles. The maximum atomic E-state index is 13.2. The quantitative estimate of drug-likeness (QED) is 0.299. The summed E-state index contributed by atoms with van der Waals surface area (Å²) in [4.78, 5) is 28.2. The van der Waals surface area contributed by atoms with Crippen molar-refractivity contribution in [3.63, 3.8) is 0 Å². The van der Waals surface area contributed by atoms with Crippen LogP contribution in [0.25, 0.3) is 28.7 Å². The molecule has 1 heterocycles. The molecule has 4 aromatic rings. The van der Waals surface area contributed by atoms with E-state index in [1.807, 2.05) is 0 Å². The molecule has 0 aliphatic rings. The second-order valence-corrected chi connectivity index (χ2v) is 7.25. The van der Waals surface area contributed by atoms with Crippen molar-refractivity contribution in [1.29, 1.82) is 0 Å². The number of para-hydroxylation sites is 1. The van der Waals surface area contributed by atoms with Crippen molar-refractivity contribution in [2.24, 2.45) is 0 Å². The second kappa shape index (κ2) is 8.10. The normalized spacial score (nSPS) is 11.3. The van der Waals surface area contributed by atoms with Gasteiger partial charge in [-0.3, -0.25) is 19.5 Å². The Morgan fingerprint density at radius 3 is 2.40 bits per heavy atom. The summed E-state index contributed by atoms with van der Waals surface area (Å²) in [6.45, 7) is 0. The fourth-order valence-corrected chi connectivity index (χ4v) is 3.53. The summed E-state index contributed by atoms with van der Waals surface area (Å²) in [6, 6.07) is 18.0. The first kappa shape index (κ1) is 19.8. The van der Waals surface area contributed by atoms with Crippen molar-refractivity contribution >= 4 is 51.9 Å². The minimum absolute atomic E-state index is 0.000773. The number of rotatable bonds is 4. The van der Waals surface area contributed by atoms with Crippen LogP contribution in [0.5, 0.6) is 0 Å². The van der Waals surface area contributed by atoms with Crippen LogP contribution in [-0.4, -0.2) is 14.5 Å². The molecule has 6 nitrogen and oxygen atoms in total. The average Bonchev–Trinajstić information content (AvgIpc) is 2.73. The standard InChI is InChI=1S/C22H13Cl2N3O3/c23-15-8-11-20(18(24)13-15)26-21(25-19-4-2-1-3-17(19)22(26)28)12-7-14-5-9-16(10-6-14)27(29)30/h1-13H. The highest BCUT2D eigenvalue weighted by molar-refractivity contribution is 6.35. The minimum Gasteiger partial charge on any atom is -0.268 e. The van der Waals surface area contributed by atoms with E-state index in [-0.39, 0.29) is 11.2 Å². The zero-order chi connectivity index (χ0) is 21.3. The third-order valence-corrected chi connectivity index (χ3v) is 5.02. The van der Waals surface area contributed by atoms with Gasteiger partial charge in [0.05, 0.1) is 26.5 Å². The lowest BCUT2D eigenvalue weighted by atomic mass is 10.2. The lowest BCUT2D eigenvalue weighted by molar-refractivity contribution is -0.384. The van der Waals surface area contributed by atoms with Gasteiger partial charge in [0, 0.05) is 17.2 Å². The Morgan fingerprint density at radius 2 is 1.70 bits per heavy atom. The van der Waals surface area contributed by atoms with Gasteiger partial charge in [0.25, 0.3) is 11.2 Å². The molecule has 30 heavy (non-hydrogen) atoms. The van der Waals surface area contributed by atoms with E-state index in [1.54, 1.807) is 66.7 Å².